The number of nitrogens with one attached hydrogen (secondary N) is 1. The summed E-state index contributed by atoms with van der Waals surface area (Å²) in [6, 6.07) is 10.2. The van der Waals surface area contributed by atoms with Crippen LogP contribution in [0, 0.1) is 5.92 Å². The van der Waals surface area contributed by atoms with Crippen LogP contribution in [0.3, 0.4) is 0 Å². The van der Waals surface area contributed by atoms with Crippen LogP contribution in [0.4, 0.5) is 0 Å². The Morgan fingerprint density at radius 1 is 1.21 bits per heavy atom. The van der Waals surface area contributed by atoms with E-state index >= 15 is 0 Å². The molecule has 1 aliphatic rings. The van der Waals surface area contributed by atoms with E-state index in [1.54, 1.807) is 0 Å². The predicted molar refractivity (Wildman–Crippen MR) is 120 cm³/mol. The van der Waals surface area contributed by atoms with Crippen LogP contribution in [0.1, 0.15) is 38.7 Å². The van der Waals surface area contributed by atoms with Crippen molar-refractivity contribution in [2.75, 3.05) is 39.8 Å². The van der Waals surface area contributed by atoms with E-state index in [9.17, 15) is 0 Å². The van der Waals surface area contributed by atoms with Crippen molar-refractivity contribution >= 4 is 5.96 Å². The predicted octanol–water partition coefficient (Wildman–Crippen LogP) is 3.39. The fourth-order valence-corrected chi connectivity index (χ4v) is 3.93. The maximum absolute atomic E-state index is 4.90. The van der Waals surface area contributed by atoms with Crippen LogP contribution in [0.2, 0.25) is 0 Å². The molecule has 2 heterocycles. The number of piperidine rings is 1. The van der Waals surface area contributed by atoms with E-state index in [1.165, 1.54) is 44.5 Å². The molecule has 1 N–H and O–H groups in total. The summed E-state index contributed by atoms with van der Waals surface area (Å²) in [6.07, 6.45) is 7.85. The van der Waals surface area contributed by atoms with Crippen molar-refractivity contribution in [1.82, 2.24) is 24.9 Å². The molecule has 0 amide bonds. The minimum Gasteiger partial charge on any atom is -0.357 e. The second kappa shape index (κ2) is 11.0. The minimum atomic E-state index is 0.785. The highest BCUT2D eigenvalue weighted by molar-refractivity contribution is 5.79. The Balaban J connectivity index is 1.53. The number of para-hydroxylation sites is 1. The minimum absolute atomic E-state index is 0.785. The van der Waals surface area contributed by atoms with Gasteiger partial charge in [-0.1, -0.05) is 25.1 Å². The van der Waals surface area contributed by atoms with Gasteiger partial charge in [-0.2, -0.15) is 5.10 Å². The quantitative estimate of drug-likeness (QED) is 0.549. The van der Waals surface area contributed by atoms with Crippen LogP contribution in [0.15, 0.2) is 47.7 Å². The zero-order chi connectivity index (χ0) is 20.5. The molecule has 0 spiro atoms. The Bertz CT molecular complexity index is 746. The zero-order valence-electron chi connectivity index (χ0n) is 18.2. The average molecular weight is 397 g/mol. The smallest absolute Gasteiger partial charge is 0.193 e. The number of hydrogen-bond acceptors (Lipinski definition) is 3. The van der Waals surface area contributed by atoms with Crippen molar-refractivity contribution in [2.45, 2.75) is 39.7 Å². The largest absolute Gasteiger partial charge is 0.357 e. The third-order valence-corrected chi connectivity index (χ3v) is 5.73. The average Bonchev–Trinajstić information content (AvgIpc) is 3.22. The molecule has 1 aromatic heterocycles. The second-order valence-corrected chi connectivity index (χ2v) is 7.89. The first kappa shape index (κ1) is 21.4. The highest BCUT2D eigenvalue weighted by Gasteiger charge is 2.17. The van der Waals surface area contributed by atoms with Crippen LogP contribution < -0.4 is 5.32 Å². The molecule has 0 atom stereocenters. The molecule has 6 nitrogen and oxygen atoms in total. The molecular formula is C23H36N6. The van der Waals surface area contributed by atoms with Gasteiger partial charge in [-0.15, -0.1) is 0 Å². The lowest BCUT2D eigenvalue weighted by Gasteiger charge is -2.30. The Morgan fingerprint density at radius 3 is 2.66 bits per heavy atom. The molecule has 1 aliphatic heterocycles. The number of benzene rings is 1. The van der Waals surface area contributed by atoms with Gasteiger partial charge < -0.3 is 15.1 Å². The molecule has 6 heteroatoms. The first-order chi connectivity index (χ1) is 14.2. The first-order valence-electron chi connectivity index (χ1n) is 11.0. The van der Waals surface area contributed by atoms with Gasteiger partial charge in [0.25, 0.3) is 0 Å². The zero-order valence-corrected chi connectivity index (χ0v) is 18.2. The van der Waals surface area contributed by atoms with E-state index in [1.807, 2.05) is 29.1 Å². The van der Waals surface area contributed by atoms with Crippen molar-refractivity contribution in [3.05, 3.63) is 48.3 Å². The van der Waals surface area contributed by atoms with Gasteiger partial charge in [0.1, 0.15) is 0 Å². The van der Waals surface area contributed by atoms with Crippen LogP contribution in [-0.4, -0.2) is 65.3 Å². The molecule has 0 unspecified atom stereocenters. The maximum atomic E-state index is 4.90. The topological polar surface area (TPSA) is 48.7 Å². The summed E-state index contributed by atoms with van der Waals surface area (Å²) in [4.78, 5) is 9.64. The lowest BCUT2D eigenvalue weighted by molar-refractivity contribution is 0.188. The molecule has 158 valence electrons. The number of hydrogen-bond donors (Lipinski definition) is 1. The molecule has 2 aromatic rings. The van der Waals surface area contributed by atoms with Crippen LogP contribution in [0.25, 0.3) is 5.69 Å². The number of guanidine groups is 1. The number of nitrogens with zero attached hydrogens (tertiary/aromatic N) is 5. The van der Waals surface area contributed by atoms with E-state index in [-0.39, 0.29) is 0 Å². The molecule has 0 bridgehead atoms. The monoisotopic (exact) mass is 396 g/mol. The van der Waals surface area contributed by atoms with Gasteiger partial charge in [-0.05, 0) is 63.9 Å². The molecule has 1 fully saturated rings. The standard InChI is InChI=1S/C23H36N6/c1-4-24-23(25-14-11-20-12-15-28(5-2)16-13-20)27(3)18-21-17-26-29(19-21)22-9-7-6-8-10-22/h6-10,17,19-20H,4-5,11-16,18H2,1-3H3,(H,24,25). The van der Waals surface area contributed by atoms with Gasteiger partial charge >= 0.3 is 0 Å². The summed E-state index contributed by atoms with van der Waals surface area (Å²) in [7, 11) is 2.10. The summed E-state index contributed by atoms with van der Waals surface area (Å²) >= 11 is 0. The molecule has 3 rings (SSSR count). The van der Waals surface area contributed by atoms with Gasteiger partial charge in [0.05, 0.1) is 11.9 Å². The van der Waals surface area contributed by atoms with E-state index in [2.05, 4.69) is 59.4 Å². The number of aliphatic imine (C=N–C) groups is 1. The molecule has 0 radical (unpaired) electrons. The van der Waals surface area contributed by atoms with Gasteiger partial charge in [0.15, 0.2) is 5.96 Å². The first-order valence-corrected chi connectivity index (χ1v) is 11.0. The lowest BCUT2D eigenvalue weighted by atomic mass is 9.94. The molecule has 29 heavy (non-hydrogen) atoms. The van der Waals surface area contributed by atoms with Crippen molar-refractivity contribution in [2.24, 2.45) is 10.9 Å². The van der Waals surface area contributed by atoms with E-state index < -0.39 is 0 Å². The van der Waals surface area contributed by atoms with Crippen molar-refractivity contribution in [3.63, 3.8) is 0 Å². The molecule has 0 aliphatic carbocycles. The fraction of sp³-hybridized carbons (Fsp3) is 0.565. The Labute approximate surface area is 175 Å². The Morgan fingerprint density at radius 2 is 1.97 bits per heavy atom. The molecule has 1 aromatic carbocycles. The third-order valence-electron chi connectivity index (χ3n) is 5.73. The van der Waals surface area contributed by atoms with Crippen molar-refractivity contribution in [3.8, 4) is 5.69 Å². The highest BCUT2D eigenvalue weighted by Crippen LogP contribution is 2.20. The SMILES string of the molecule is CCNC(=NCCC1CCN(CC)CC1)N(C)Cc1cnn(-c2ccccc2)c1. The van der Waals surface area contributed by atoms with E-state index in [4.69, 9.17) is 4.99 Å². The van der Waals surface area contributed by atoms with Crippen molar-refractivity contribution in [1.29, 1.82) is 0 Å². The van der Waals surface area contributed by atoms with Gasteiger partial charge in [-0.3, -0.25) is 4.99 Å². The maximum Gasteiger partial charge on any atom is 0.193 e. The number of aromatic nitrogens is 2. The second-order valence-electron chi connectivity index (χ2n) is 7.89. The van der Waals surface area contributed by atoms with Crippen LogP contribution in [0.5, 0.6) is 0 Å². The molecular weight excluding hydrogens is 360 g/mol. The van der Waals surface area contributed by atoms with Crippen molar-refractivity contribution < 1.29 is 0 Å². The summed E-state index contributed by atoms with van der Waals surface area (Å²) in [5.41, 5.74) is 2.25. The van der Waals surface area contributed by atoms with Crippen LogP contribution >= 0.6 is 0 Å². The fourth-order valence-electron chi connectivity index (χ4n) is 3.93. The normalized spacial score (nSPS) is 16.2. The van der Waals surface area contributed by atoms with Crippen LogP contribution in [-0.2, 0) is 6.54 Å². The van der Waals surface area contributed by atoms with E-state index in [0.29, 0.717) is 0 Å². The lowest BCUT2D eigenvalue weighted by Crippen LogP contribution is -2.38. The molecule has 1 saturated heterocycles. The number of rotatable bonds is 8. The third kappa shape index (κ3) is 6.32. The summed E-state index contributed by atoms with van der Waals surface area (Å²) in [5.74, 6) is 1.80. The molecule has 0 saturated carbocycles. The summed E-state index contributed by atoms with van der Waals surface area (Å²) in [6.45, 7) is 10.6. The summed E-state index contributed by atoms with van der Waals surface area (Å²) < 4.78 is 1.93. The Hall–Kier alpha value is -2.34. The Kier molecular flexibility index (Phi) is 8.11. The highest BCUT2D eigenvalue weighted by atomic mass is 15.3. The van der Waals surface area contributed by atoms with Gasteiger partial charge in [0.2, 0.25) is 0 Å². The van der Waals surface area contributed by atoms with E-state index in [0.717, 1.165) is 37.2 Å². The van der Waals surface area contributed by atoms with Gasteiger partial charge in [-0.25, -0.2) is 4.68 Å². The number of likely N-dealkylation sites (tertiary alicyclic amines) is 1. The summed E-state index contributed by atoms with van der Waals surface area (Å²) in [5, 5.41) is 7.94. The van der Waals surface area contributed by atoms with Gasteiger partial charge in [0, 0.05) is 38.4 Å².